The highest BCUT2D eigenvalue weighted by Gasteiger charge is 2.26. The Morgan fingerprint density at radius 1 is 0.933 bits per heavy atom. The van der Waals surface area contributed by atoms with E-state index in [-0.39, 0.29) is 5.78 Å². The normalized spacial score (nSPS) is 11.1. The second-order valence-electron chi connectivity index (χ2n) is 6.68. The molecule has 0 bridgehead atoms. The molecule has 30 heavy (non-hydrogen) atoms. The first-order valence-corrected chi connectivity index (χ1v) is 10.4. The van der Waals surface area contributed by atoms with Gasteiger partial charge in [-0.3, -0.25) is 4.79 Å². The number of para-hydroxylation sites is 2. The molecule has 0 unspecified atom stereocenters. The topological polar surface area (TPSA) is 73.8 Å². The van der Waals surface area contributed by atoms with E-state index in [4.69, 9.17) is 22.4 Å². The zero-order chi connectivity index (χ0) is 20.7. The standard InChI is InChI=1S/C23H15ClN4OS/c24-15-12-10-14(11-13-15)22(29)21-19(25)20(27-28(21)16-6-2-1-3-7-16)23-26-17-8-4-5-9-18(17)30-23/h1-13H,25H2. The van der Waals surface area contributed by atoms with Gasteiger partial charge in [0.15, 0.2) is 0 Å². The fourth-order valence-corrected chi connectivity index (χ4v) is 4.36. The summed E-state index contributed by atoms with van der Waals surface area (Å²) in [5.74, 6) is -0.229. The number of rotatable bonds is 4. The first-order valence-electron chi connectivity index (χ1n) is 9.22. The van der Waals surface area contributed by atoms with Crippen molar-refractivity contribution in [1.29, 1.82) is 0 Å². The lowest BCUT2D eigenvalue weighted by molar-refractivity contribution is 0.103. The van der Waals surface area contributed by atoms with Crippen LogP contribution in [0.4, 0.5) is 5.69 Å². The number of hydrogen-bond acceptors (Lipinski definition) is 5. The number of nitrogen functional groups attached to an aromatic ring is 1. The van der Waals surface area contributed by atoms with Crippen LogP contribution in [0.1, 0.15) is 16.1 Å². The van der Waals surface area contributed by atoms with E-state index in [1.807, 2.05) is 54.6 Å². The molecular formula is C23H15ClN4OS. The molecule has 0 saturated carbocycles. The second kappa shape index (κ2) is 7.40. The number of ketones is 1. The largest absolute Gasteiger partial charge is 0.395 e. The third-order valence-electron chi connectivity index (χ3n) is 4.74. The average Bonchev–Trinajstić information content (AvgIpc) is 3.35. The predicted octanol–water partition coefficient (Wildman–Crippen LogP) is 5.62. The Morgan fingerprint density at radius 3 is 2.37 bits per heavy atom. The minimum atomic E-state index is -0.229. The van der Waals surface area contributed by atoms with Gasteiger partial charge in [-0.15, -0.1) is 11.3 Å². The van der Waals surface area contributed by atoms with Crippen molar-refractivity contribution >= 4 is 44.6 Å². The lowest BCUT2D eigenvalue weighted by atomic mass is 10.1. The molecule has 5 aromatic rings. The summed E-state index contributed by atoms with van der Waals surface area (Å²) in [4.78, 5) is 18.1. The molecular weight excluding hydrogens is 416 g/mol. The van der Waals surface area contributed by atoms with Crippen molar-refractivity contribution in [2.75, 3.05) is 5.73 Å². The molecule has 0 fully saturated rings. The van der Waals surface area contributed by atoms with E-state index in [0.717, 1.165) is 15.9 Å². The van der Waals surface area contributed by atoms with Crippen LogP contribution in [0.15, 0.2) is 78.9 Å². The summed E-state index contributed by atoms with van der Waals surface area (Å²) in [5, 5.41) is 5.94. The fourth-order valence-electron chi connectivity index (χ4n) is 3.27. The van der Waals surface area contributed by atoms with Crippen molar-refractivity contribution < 1.29 is 4.79 Å². The number of anilines is 1. The summed E-state index contributed by atoms with van der Waals surface area (Å²) >= 11 is 7.48. The smallest absolute Gasteiger partial charge is 0.213 e. The number of carbonyl (C=O) groups is 1. The number of aromatic nitrogens is 3. The Bertz CT molecular complexity index is 1340. The molecule has 0 radical (unpaired) electrons. The monoisotopic (exact) mass is 430 g/mol. The van der Waals surface area contributed by atoms with E-state index in [0.29, 0.717) is 32.7 Å². The number of thiazole rings is 1. The molecule has 0 aliphatic carbocycles. The predicted molar refractivity (Wildman–Crippen MR) is 121 cm³/mol. The number of carbonyl (C=O) groups excluding carboxylic acids is 1. The van der Waals surface area contributed by atoms with Gasteiger partial charge in [0, 0.05) is 10.6 Å². The average molecular weight is 431 g/mol. The van der Waals surface area contributed by atoms with E-state index in [9.17, 15) is 4.79 Å². The summed E-state index contributed by atoms with van der Waals surface area (Å²) in [7, 11) is 0. The van der Waals surface area contributed by atoms with Gasteiger partial charge in [0.1, 0.15) is 16.4 Å². The molecule has 146 valence electrons. The maximum absolute atomic E-state index is 13.4. The van der Waals surface area contributed by atoms with Crippen LogP contribution in [0, 0.1) is 0 Å². The summed E-state index contributed by atoms with van der Waals surface area (Å²) in [6.45, 7) is 0. The van der Waals surface area contributed by atoms with Gasteiger partial charge in [-0.25, -0.2) is 9.67 Å². The first kappa shape index (κ1) is 18.5. The van der Waals surface area contributed by atoms with Crippen LogP contribution in [0.5, 0.6) is 0 Å². The van der Waals surface area contributed by atoms with Gasteiger partial charge in [-0.05, 0) is 48.5 Å². The van der Waals surface area contributed by atoms with Crippen LogP contribution in [0.3, 0.4) is 0 Å². The number of halogens is 1. The van der Waals surface area contributed by atoms with E-state index in [1.54, 1.807) is 28.9 Å². The van der Waals surface area contributed by atoms with Gasteiger partial charge in [0.2, 0.25) is 5.78 Å². The molecule has 2 aromatic heterocycles. The van der Waals surface area contributed by atoms with Gasteiger partial charge < -0.3 is 5.73 Å². The Balaban J connectivity index is 1.72. The maximum atomic E-state index is 13.4. The minimum absolute atomic E-state index is 0.229. The molecule has 5 nitrogen and oxygen atoms in total. The number of benzene rings is 3. The molecule has 0 atom stereocenters. The summed E-state index contributed by atoms with van der Waals surface area (Å²) < 4.78 is 2.62. The van der Waals surface area contributed by atoms with Crippen molar-refractivity contribution in [3.63, 3.8) is 0 Å². The lowest BCUT2D eigenvalue weighted by Gasteiger charge is -2.07. The molecule has 0 aliphatic rings. The molecule has 0 amide bonds. The molecule has 0 spiro atoms. The molecule has 7 heteroatoms. The molecule has 3 aromatic carbocycles. The lowest BCUT2D eigenvalue weighted by Crippen LogP contribution is -2.11. The Labute approximate surface area is 181 Å². The van der Waals surface area contributed by atoms with Crippen molar-refractivity contribution in [3.05, 3.63) is 95.1 Å². The van der Waals surface area contributed by atoms with E-state index >= 15 is 0 Å². The van der Waals surface area contributed by atoms with Crippen LogP contribution >= 0.6 is 22.9 Å². The van der Waals surface area contributed by atoms with Crippen LogP contribution in [-0.4, -0.2) is 20.5 Å². The third kappa shape index (κ3) is 3.16. The quantitative estimate of drug-likeness (QED) is 0.376. The highest BCUT2D eigenvalue weighted by Crippen LogP contribution is 2.36. The van der Waals surface area contributed by atoms with Crippen molar-refractivity contribution in [2.24, 2.45) is 0 Å². The Hall–Kier alpha value is -3.48. The molecule has 2 heterocycles. The number of nitrogens with zero attached hydrogens (tertiary/aromatic N) is 3. The SMILES string of the molecule is Nc1c(-c2nc3ccccc3s2)nn(-c2ccccc2)c1C(=O)c1ccc(Cl)cc1. The maximum Gasteiger partial charge on any atom is 0.213 e. The summed E-state index contributed by atoms with van der Waals surface area (Å²) in [6.07, 6.45) is 0. The third-order valence-corrected chi connectivity index (χ3v) is 6.04. The van der Waals surface area contributed by atoms with Crippen LogP contribution < -0.4 is 5.73 Å². The van der Waals surface area contributed by atoms with E-state index in [1.165, 1.54) is 11.3 Å². The fraction of sp³-hybridized carbons (Fsp3) is 0. The van der Waals surface area contributed by atoms with Gasteiger partial charge in [0.25, 0.3) is 0 Å². The molecule has 2 N–H and O–H groups in total. The van der Waals surface area contributed by atoms with Crippen molar-refractivity contribution in [3.8, 4) is 16.4 Å². The van der Waals surface area contributed by atoms with Gasteiger partial charge >= 0.3 is 0 Å². The highest BCUT2D eigenvalue weighted by atomic mass is 35.5. The number of hydrogen-bond donors (Lipinski definition) is 1. The van der Waals surface area contributed by atoms with Crippen LogP contribution in [0.2, 0.25) is 5.02 Å². The van der Waals surface area contributed by atoms with Gasteiger partial charge in [0.05, 0.1) is 21.6 Å². The second-order valence-corrected chi connectivity index (χ2v) is 8.15. The van der Waals surface area contributed by atoms with Crippen LogP contribution in [-0.2, 0) is 0 Å². The molecule has 0 saturated heterocycles. The summed E-state index contributed by atoms with van der Waals surface area (Å²) in [5.41, 5.74) is 9.71. The minimum Gasteiger partial charge on any atom is -0.395 e. The van der Waals surface area contributed by atoms with Crippen molar-refractivity contribution in [2.45, 2.75) is 0 Å². The Morgan fingerprint density at radius 2 is 1.63 bits per heavy atom. The number of fused-ring (bicyclic) bond motifs is 1. The van der Waals surface area contributed by atoms with Gasteiger partial charge in [-0.1, -0.05) is 41.9 Å². The van der Waals surface area contributed by atoms with E-state index < -0.39 is 0 Å². The van der Waals surface area contributed by atoms with Crippen molar-refractivity contribution in [1.82, 2.24) is 14.8 Å². The Kier molecular flexibility index (Phi) is 4.58. The number of nitrogens with two attached hydrogens (primary N) is 1. The van der Waals surface area contributed by atoms with Gasteiger partial charge in [-0.2, -0.15) is 5.10 Å². The zero-order valence-electron chi connectivity index (χ0n) is 15.6. The van der Waals surface area contributed by atoms with E-state index in [2.05, 4.69) is 4.98 Å². The zero-order valence-corrected chi connectivity index (χ0v) is 17.2. The molecule has 0 aliphatic heterocycles. The first-order chi connectivity index (χ1) is 14.6. The summed E-state index contributed by atoms with van der Waals surface area (Å²) in [6, 6.07) is 24.0. The molecule has 5 rings (SSSR count). The highest BCUT2D eigenvalue weighted by molar-refractivity contribution is 7.21. The van der Waals surface area contributed by atoms with Crippen LogP contribution in [0.25, 0.3) is 26.6 Å².